The summed E-state index contributed by atoms with van der Waals surface area (Å²) in [7, 11) is 3.49. The van der Waals surface area contributed by atoms with Crippen LogP contribution < -0.4 is 5.73 Å². The van der Waals surface area contributed by atoms with Gasteiger partial charge in [-0.25, -0.2) is 0 Å². The van der Waals surface area contributed by atoms with Crippen molar-refractivity contribution < 1.29 is 14.6 Å². The number of rotatable bonds is 3. The van der Waals surface area contributed by atoms with Gasteiger partial charge >= 0.3 is 0 Å². The van der Waals surface area contributed by atoms with E-state index in [0.29, 0.717) is 5.84 Å². The van der Waals surface area contributed by atoms with Crippen LogP contribution >= 0.6 is 0 Å². The Hall–Kier alpha value is -0.650. The highest BCUT2D eigenvalue weighted by molar-refractivity contribution is 5.91. The largest absolute Gasteiger partial charge is 0.385 e. The Morgan fingerprint density at radius 3 is 2.57 bits per heavy atom. The van der Waals surface area contributed by atoms with Gasteiger partial charge in [0.25, 0.3) is 0 Å². The Balaban J connectivity index is 1.88. The van der Waals surface area contributed by atoms with Crippen molar-refractivity contribution in [1.82, 2.24) is 0 Å². The van der Waals surface area contributed by atoms with Crippen LogP contribution in [0.1, 0.15) is 44.9 Å². The van der Waals surface area contributed by atoms with Crippen molar-refractivity contribution in [2.24, 2.45) is 22.6 Å². The monoisotopic (exact) mass is 296 g/mol. The number of nitrogens with zero attached hydrogens (tertiary/aromatic N) is 1. The van der Waals surface area contributed by atoms with Gasteiger partial charge in [0.2, 0.25) is 0 Å². The van der Waals surface area contributed by atoms with Gasteiger partial charge in [-0.3, -0.25) is 4.99 Å². The van der Waals surface area contributed by atoms with Crippen LogP contribution in [0.5, 0.6) is 0 Å². The minimum absolute atomic E-state index is 0.0607. The topological polar surface area (TPSA) is 77.1 Å². The molecule has 21 heavy (non-hydrogen) atoms. The van der Waals surface area contributed by atoms with Gasteiger partial charge in [-0.15, -0.1) is 0 Å². The molecule has 2 saturated carbocycles. The summed E-state index contributed by atoms with van der Waals surface area (Å²) in [5.74, 6) is 0.575. The average Bonchev–Trinajstić information content (AvgIpc) is 2.79. The zero-order chi connectivity index (χ0) is 15.0. The number of ether oxygens (including phenoxy) is 2. The second kappa shape index (κ2) is 5.86. The molecule has 0 radical (unpaired) electrons. The fourth-order valence-electron chi connectivity index (χ4n) is 4.78. The van der Waals surface area contributed by atoms with Crippen molar-refractivity contribution in [3.05, 3.63) is 0 Å². The van der Waals surface area contributed by atoms with Crippen LogP contribution in [0, 0.1) is 11.8 Å². The highest BCUT2D eigenvalue weighted by Crippen LogP contribution is 2.48. The third-order valence-corrected chi connectivity index (χ3v) is 5.95. The predicted molar refractivity (Wildman–Crippen MR) is 81.3 cm³/mol. The maximum atomic E-state index is 11.5. The van der Waals surface area contributed by atoms with Crippen LogP contribution in [0.2, 0.25) is 0 Å². The molecule has 0 saturated heterocycles. The van der Waals surface area contributed by atoms with Gasteiger partial charge in [-0.1, -0.05) is 12.8 Å². The third-order valence-electron chi connectivity index (χ3n) is 5.95. The molecular weight excluding hydrogens is 268 g/mol. The van der Waals surface area contributed by atoms with E-state index in [4.69, 9.17) is 15.2 Å². The number of hydrogen-bond donors (Lipinski definition) is 2. The number of amidine groups is 1. The van der Waals surface area contributed by atoms with Crippen molar-refractivity contribution in [3.8, 4) is 0 Å². The molecule has 2 aliphatic carbocycles. The predicted octanol–water partition coefficient (Wildman–Crippen LogP) is 1.48. The second-order valence-corrected chi connectivity index (χ2v) is 6.85. The van der Waals surface area contributed by atoms with Crippen LogP contribution in [0.25, 0.3) is 0 Å². The summed E-state index contributed by atoms with van der Waals surface area (Å²) in [5, 5.41) is 11.5. The normalized spacial score (nSPS) is 47.0. The van der Waals surface area contributed by atoms with E-state index in [0.717, 1.165) is 44.9 Å². The van der Waals surface area contributed by atoms with E-state index in [1.165, 1.54) is 0 Å². The first-order valence-electron chi connectivity index (χ1n) is 8.23. The van der Waals surface area contributed by atoms with Crippen LogP contribution in [0.4, 0.5) is 0 Å². The maximum Gasteiger partial charge on any atom is 0.131 e. The van der Waals surface area contributed by atoms with Crippen LogP contribution in [0.15, 0.2) is 4.99 Å². The van der Waals surface area contributed by atoms with E-state index in [1.54, 1.807) is 14.2 Å². The van der Waals surface area contributed by atoms with Gasteiger partial charge in [0.1, 0.15) is 11.4 Å². The van der Waals surface area contributed by atoms with E-state index in [1.807, 2.05) is 0 Å². The molecular formula is C16H28N2O3. The van der Waals surface area contributed by atoms with E-state index in [9.17, 15) is 5.11 Å². The first-order valence-corrected chi connectivity index (χ1v) is 8.23. The summed E-state index contributed by atoms with van der Waals surface area (Å²) < 4.78 is 11.2. The molecule has 6 atom stereocenters. The molecule has 1 aliphatic heterocycles. The molecule has 6 unspecified atom stereocenters. The first kappa shape index (κ1) is 15.3. The summed E-state index contributed by atoms with van der Waals surface area (Å²) >= 11 is 0. The molecule has 0 bridgehead atoms. The summed E-state index contributed by atoms with van der Waals surface area (Å²) in [6.07, 6.45) is 7.35. The highest BCUT2D eigenvalue weighted by Gasteiger charge is 2.58. The molecule has 2 fully saturated rings. The molecule has 3 rings (SSSR count). The number of methoxy groups -OCH3 is 2. The smallest absolute Gasteiger partial charge is 0.131 e. The summed E-state index contributed by atoms with van der Waals surface area (Å²) in [6, 6.07) is 0.154. The molecule has 0 aromatic rings. The van der Waals surface area contributed by atoms with Crippen LogP contribution in [-0.2, 0) is 9.47 Å². The van der Waals surface area contributed by atoms with Crippen molar-refractivity contribution in [2.75, 3.05) is 14.2 Å². The van der Waals surface area contributed by atoms with Crippen molar-refractivity contribution in [2.45, 2.75) is 68.8 Å². The number of aliphatic imine (C=N–C) groups is 1. The zero-order valence-corrected chi connectivity index (χ0v) is 13.1. The zero-order valence-electron chi connectivity index (χ0n) is 13.1. The Labute approximate surface area is 126 Å². The lowest BCUT2D eigenvalue weighted by atomic mass is 9.64. The van der Waals surface area contributed by atoms with Gasteiger partial charge in [-0.05, 0) is 32.1 Å². The Morgan fingerprint density at radius 1 is 1.10 bits per heavy atom. The quantitative estimate of drug-likeness (QED) is 0.827. The lowest BCUT2D eigenvalue weighted by Crippen LogP contribution is -2.59. The lowest BCUT2D eigenvalue weighted by molar-refractivity contribution is -0.105. The molecule has 5 nitrogen and oxygen atoms in total. The SMILES string of the molecule is COC1CCC2N=C(N)C(O)(C3CCCCC3OC)C2C1. The van der Waals surface area contributed by atoms with Gasteiger partial charge in [0, 0.05) is 26.1 Å². The molecule has 3 N–H and O–H groups in total. The molecule has 120 valence electrons. The van der Waals surface area contributed by atoms with E-state index < -0.39 is 5.60 Å². The molecule has 5 heteroatoms. The Kier molecular flexibility index (Phi) is 4.26. The minimum Gasteiger partial charge on any atom is -0.385 e. The standard InChI is InChI=1S/C16H28N2O3/c1-20-10-7-8-13-12(9-10)16(19,15(17)18-13)11-5-3-4-6-14(11)21-2/h10-14,19H,3-9H2,1-2H3,(H2,17,18). The summed E-state index contributed by atoms with van der Waals surface area (Å²) in [4.78, 5) is 4.61. The van der Waals surface area contributed by atoms with E-state index in [2.05, 4.69) is 4.99 Å². The van der Waals surface area contributed by atoms with E-state index >= 15 is 0 Å². The van der Waals surface area contributed by atoms with Gasteiger partial charge < -0.3 is 20.3 Å². The van der Waals surface area contributed by atoms with Crippen molar-refractivity contribution in [1.29, 1.82) is 0 Å². The fraction of sp³-hybridized carbons (Fsp3) is 0.938. The van der Waals surface area contributed by atoms with Crippen molar-refractivity contribution in [3.63, 3.8) is 0 Å². The van der Waals surface area contributed by atoms with Crippen molar-refractivity contribution >= 4 is 5.84 Å². The molecule has 0 spiro atoms. The number of fused-ring (bicyclic) bond motifs is 1. The first-order chi connectivity index (χ1) is 10.1. The summed E-state index contributed by atoms with van der Waals surface area (Å²) in [6.45, 7) is 0. The lowest BCUT2D eigenvalue weighted by Gasteiger charge is -2.46. The van der Waals surface area contributed by atoms with Crippen LogP contribution in [0.3, 0.4) is 0 Å². The number of hydrogen-bond acceptors (Lipinski definition) is 5. The summed E-state index contributed by atoms with van der Waals surface area (Å²) in [5.41, 5.74) is 5.20. The highest BCUT2D eigenvalue weighted by atomic mass is 16.5. The third kappa shape index (κ3) is 2.39. The minimum atomic E-state index is -1.01. The van der Waals surface area contributed by atoms with Gasteiger partial charge in [0.15, 0.2) is 0 Å². The molecule has 3 aliphatic rings. The van der Waals surface area contributed by atoms with Gasteiger partial charge in [-0.2, -0.15) is 0 Å². The Morgan fingerprint density at radius 2 is 1.86 bits per heavy atom. The average molecular weight is 296 g/mol. The molecule has 0 aromatic carbocycles. The number of aliphatic hydroxyl groups is 1. The van der Waals surface area contributed by atoms with Crippen LogP contribution in [-0.4, -0.2) is 49.0 Å². The molecule has 0 aromatic heterocycles. The maximum absolute atomic E-state index is 11.5. The number of nitrogens with two attached hydrogens (primary N) is 1. The Bertz CT molecular complexity index is 414. The van der Waals surface area contributed by atoms with E-state index in [-0.39, 0.29) is 30.1 Å². The molecule has 0 amide bonds. The fourth-order valence-corrected chi connectivity index (χ4v) is 4.78. The molecule has 1 heterocycles. The van der Waals surface area contributed by atoms with Gasteiger partial charge in [0.05, 0.1) is 18.2 Å². The second-order valence-electron chi connectivity index (χ2n) is 6.85.